The van der Waals surface area contributed by atoms with E-state index in [0.29, 0.717) is 19.4 Å². The normalized spacial score (nSPS) is 18.0. The summed E-state index contributed by atoms with van der Waals surface area (Å²) in [7, 11) is -3.67. The number of rotatable bonds is 6. The van der Waals surface area contributed by atoms with Crippen molar-refractivity contribution >= 4 is 27.3 Å². The first-order valence-electron chi connectivity index (χ1n) is 11.6. The molecule has 0 saturated carbocycles. The van der Waals surface area contributed by atoms with Crippen LogP contribution in [0.15, 0.2) is 47.4 Å². The second kappa shape index (κ2) is 9.24. The summed E-state index contributed by atoms with van der Waals surface area (Å²) in [6.07, 6.45) is 3.54. The van der Waals surface area contributed by atoms with Crippen LogP contribution in [0.4, 0.5) is 11.4 Å². The maximum Gasteiger partial charge on any atom is 0.241 e. The summed E-state index contributed by atoms with van der Waals surface area (Å²) in [6.45, 7) is 8.76. The number of hydrogen-bond acceptors (Lipinski definition) is 4. The van der Waals surface area contributed by atoms with Crippen molar-refractivity contribution in [2.24, 2.45) is 5.92 Å². The van der Waals surface area contributed by atoms with Gasteiger partial charge in [-0.05, 0) is 73.6 Å². The molecular formula is C25H33N3O3S. The van der Waals surface area contributed by atoms with E-state index in [0.717, 1.165) is 35.8 Å². The van der Waals surface area contributed by atoms with Gasteiger partial charge in [0.1, 0.15) is 0 Å². The Morgan fingerprint density at radius 2 is 1.78 bits per heavy atom. The van der Waals surface area contributed by atoms with Crippen LogP contribution in [0.25, 0.3) is 0 Å². The summed E-state index contributed by atoms with van der Waals surface area (Å²) in [6, 6.07) is 12.9. The summed E-state index contributed by atoms with van der Waals surface area (Å²) < 4.78 is 28.9. The standard InChI is InChI=1S/C25H33N3O3S/c1-4-25(29)28-16-13-21-17-23(9-10-24(21)28)32(30,31)26-19(3)20-5-7-22(8-6-20)27-14-11-18(2)12-15-27/h5-10,17-19,26H,4,11-16H2,1-3H3/t19-/m1/s1. The Morgan fingerprint density at radius 3 is 2.44 bits per heavy atom. The van der Waals surface area contributed by atoms with Crippen molar-refractivity contribution in [1.82, 2.24) is 4.72 Å². The Balaban J connectivity index is 1.45. The molecule has 7 heteroatoms. The average Bonchev–Trinajstić information content (AvgIpc) is 3.22. The largest absolute Gasteiger partial charge is 0.372 e. The summed E-state index contributed by atoms with van der Waals surface area (Å²) in [4.78, 5) is 16.5. The van der Waals surface area contributed by atoms with Crippen LogP contribution in [0, 0.1) is 5.92 Å². The Labute approximate surface area is 191 Å². The minimum Gasteiger partial charge on any atom is -0.372 e. The van der Waals surface area contributed by atoms with Crippen molar-refractivity contribution in [2.75, 3.05) is 29.4 Å². The van der Waals surface area contributed by atoms with Crippen molar-refractivity contribution in [1.29, 1.82) is 0 Å². The zero-order valence-electron chi connectivity index (χ0n) is 19.2. The van der Waals surface area contributed by atoms with Crippen LogP contribution < -0.4 is 14.5 Å². The topological polar surface area (TPSA) is 69.7 Å². The van der Waals surface area contributed by atoms with Crippen LogP contribution in [-0.2, 0) is 21.2 Å². The van der Waals surface area contributed by atoms with Gasteiger partial charge in [0.05, 0.1) is 4.90 Å². The molecule has 0 aromatic heterocycles. The molecule has 0 radical (unpaired) electrons. The molecule has 2 aliphatic heterocycles. The van der Waals surface area contributed by atoms with Gasteiger partial charge in [-0.25, -0.2) is 13.1 Å². The van der Waals surface area contributed by atoms with Gasteiger partial charge >= 0.3 is 0 Å². The Bertz CT molecular complexity index is 1070. The highest BCUT2D eigenvalue weighted by Crippen LogP contribution is 2.31. The molecule has 172 valence electrons. The summed E-state index contributed by atoms with van der Waals surface area (Å²) in [5, 5.41) is 0. The molecule has 0 aliphatic carbocycles. The van der Waals surface area contributed by atoms with Crippen molar-refractivity contribution < 1.29 is 13.2 Å². The van der Waals surface area contributed by atoms with Gasteiger partial charge in [-0.1, -0.05) is 26.0 Å². The third kappa shape index (κ3) is 4.69. The highest BCUT2D eigenvalue weighted by molar-refractivity contribution is 7.89. The van der Waals surface area contributed by atoms with E-state index in [1.807, 2.05) is 26.0 Å². The predicted octanol–water partition coefficient (Wildman–Crippen LogP) is 4.26. The highest BCUT2D eigenvalue weighted by Gasteiger charge is 2.26. The first kappa shape index (κ1) is 22.8. The molecule has 1 atom stereocenters. The van der Waals surface area contributed by atoms with E-state index >= 15 is 0 Å². The Hall–Kier alpha value is -2.38. The van der Waals surface area contributed by atoms with Crippen LogP contribution in [0.1, 0.15) is 57.2 Å². The van der Waals surface area contributed by atoms with E-state index in [1.54, 1.807) is 23.1 Å². The molecule has 1 N–H and O–H groups in total. The Kier molecular flexibility index (Phi) is 6.58. The number of hydrogen-bond donors (Lipinski definition) is 1. The van der Waals surface area contributed by atoms with Gasteiger partial charge in [0.2, 0.25) is 15.9 Å². The number of sulfonamides is 1. The molecule has 1 fully saturated rings. The summed E-state index contributed by atoms with van der Waals surface area (Å²) in [5.74, 6) is 0.850. The lowest BCUT2D eigenvalue weighted by Gasteiger charge is -2.32. The fraction of sp³-hybridized carbons (Fsp3) is 0.480. The maximum absolute atomic E-state index is 13.0. The van der Waals surface area contributed by atoms with Gasteiger partial charge in [-0.3, -0.25) is 4.79 Å². The first-order valence-corrected chi connectivity index (χ1v) is 13.1. The fourth-order valence-corrected chi connectivity index (χ4v) is 5.89. The average molecular weight is 456 g/mol. The monoisotopic (exact) mass is 455 g/mol. The second-order valence-electron chi connectivity index (χ2n) is 9.04. The number of piperidine rings is 1. The second-order valence-corrected chi connectivity index (χ2v) is 10.8. The van der Waals surface area contributed by atoms with Crippen molar-refractivity contribution in [3.05, 3.63) is 53.6 Å². The number of fused-ring (bicyclic) bond motifs is 1. The van der Waals surface area contributed by atoms with Crippen molar-refractivity contribution in [3.8, 4) is 0 Å². The quantitative estimate of drug-likeness (QED) is 0.707. The zero-order valence-corrected chi connectivity index (χ0v) is 20.0. The van der Waals surface area contributed by atoms with Crippen LogP contribution in [0.2, 0.25) is 0 Å². The van der Waals surface area contributed by atoms with E-state index in [-0.39, 0.29) is 16.8 Å². The number of nitrogens with one attached hydrogen (secondary N) is 1. The number of benzene rings is 2. The molecule has 2 aromatic carbocycles. The van der Waals surface area contributed by atoms with E-state index in [2.05, 4.69) is 28.7 Å². The molecule has 4 rings (SSSR count). The zero-order chi connectivity index (χ0) is 22.9. The van der Waals surface area contributed by atoms with Crippen LogP contribution in [-0.4, -0.2) is 34.0 Å². The highest BCUT2D eigenvalue weighted by atomic mass is 32.2. The minimum absolute atomic E-state index is 0.0635. The SMILES string of the molecule is CCC(=O)N1CCc2cc(S(=O)(=O)N[C@H](C)c3ccc(N4CCC(C)CC4)cc3)ccc21. The van der Waals surface area contributed by atoms with Crippen molar-refractivity contribution in [3.63, 3.8) is 0 Å². The number of carbonyl (C=O) groups is 1. The summed E-state index contributed by atoms with van der Waals surface area (Å²) >= 11 is 0. The molecule has 2 aromatic rings. The number of amides is 1. The Morgan fingerprint density at radius 1 is 1.09 bits per heavy atom. The smallest absolute Gasteiger partial charge is 0.241 e. The molecule has 6 nitrogen and oxygen atoms in total. The molecule has 0 unspecified atom stereocenters. The van der Waals surface area contributed by atoms with Gasteiger partial charge in [0, 0.05) is 43.5 Å². The molecule has 1 saturated heterocycles. The van der Waals surface area contributed by atoms with Gasteiger partial charge in [0.25, 0.3) is 0 Å². The number of anilines is 2. The van der Waals surface area contributed by atoms with Crippen LogP contribution in [0.5, 0.6) is 0 Å². The lowest BCUT2D eigenvalue weighted by Crippen LogP contribution is -2.32. The van der Waals surface area contributed by atoms with Gasteiger partial charge in [0.15, 0.2) is 0 Å². The van der Waals surface area contributed by atoms with Gasteiger partial charge < -0.3 is 9.80 Å². The molecule has 1 amide bonds. The molecule has 32 heavy (non-hydrogen) atoms. The number of nitrogens with zero attached hydrogens (tertiary/aromatic N) is 2. The molecule has 2 aliphatic rings. The number of carbonyl (C=O) groups excluding carboxylic acids is 1. The molecule has 0 bridgehead atoms. The fourth-order valence-electron chi connectivity index (χ4n) is 4.60. The minimum atomic E-state index is -3.67. The predicted molar refractivity (Wildman–Crippen MR) is 129 cm³/mol. The summed E-state index contributed by atoms with van der Waals surface area (Å²) in [5.41, 5.74) is 3.86. The third-order valence-corrected chi connectivity index (χ3v) is 8.27. The third-order valence-electron chi connectivity index (χ3n) is 6.73. The van der Waals surface area contributed by atoms with E-state index < -0.39 is 10.0 Å². The van der Waals surface area contributed by atoms with Gasteiger partial charge in [-0.2, -0.15) is 0 Å². The first-order chi connectivity index (χ1) is 15.3. The molecule has 2 heterocycles. The van der Waals surface area contributed by atoms with E-state index in [4.69, 9.17) is 0 Å². The maximum atomic E-state index is 13.0. The van der Waals surface area contributed by atoms with Crippen molar-refractivity contribution in [2.45, 2.75) is 57.4 Å². The van der Waals surface area contributed by atoms with Crippen LogP contribution in [0.3, 0.4) is 0 Å². The van der Waals surface area contributed by atoms with E-state index in [1.165, 1.54) is 18.5 Å². The van der Waals surface area contributed by atoms with E-state index in [9.17, 15) is 13.2 Å². The van der Waals surface area contributed by atoms with Gasteiger partial charge in [-0.15, -0.1) is 0 Å². The lowest BCUT2D eigenvalue weighted by atomic mass is 9.98. The molecular weight excluding hydrogens is 422 g/mol. The molecule has 0 spiro atoms. The van der Waals surface area contributed by atoms with Crippen LogP contribution >= 0.6 is 0 Å². The lowest BCUT2D eigenvalue weighted by molar-refractivity contribution is -0.118.